The van der Waals surface area contributed by atoms with Crippen LogP contribution in [-0.4, -0.2) is 60.7 Å². The van der Waals surface area contributed by atoms with Crippen molar-refractivity contribution in [2.45, 2.75) is 87.8 Å². The molecule has 0 amide bonds. The molecule has 6 rings (SSSR count). The molecule has 1 aliphatic heterocycles. The highest BCUT2D eigenvalue weighted by Gasteiger charge is 2.40. The summed E-state index contributed by atoms with van der Waals surface area (Å²) in [5.41, 5.74) is 2.02. The van der Waals surface area contributed by atoms with E-state index in [9.17, 15) is 18.3 Å². The Morgan fingerprint density at radius 3 is 2.73 bits per heavy atom. The first-order valence-electron chi connectivity index (χ1n) is 17.4. The van der Waals surface area contributed by atoms with Gasteiger partial charge in [-0.05, 0) is 73.1 Å². The van der Waals surface area contributed by atoms with Gasteiger partial charge in [-0.3, -0.25) is 14.8 Å². The van der Waals surface area contributed by atoms with Crippen LogP contribution in [0.1, 0.15) is 82.6 Å². The molecule has 13 heteroatoms. The zero-order chi connectivity index (χ0) is 36.6. The van der Waals surface area contributed by atoms with Crippen LogP contribution in [0.4, 0.5) is 4.39 Å². The largest absolute Gasteiger partial charge is 0.481 e. The molecule has 0 radical (unpaired) electrons. The summed E-state index contributed by atoms with van der Waals surface area (Å²) in [6, 6.07) is 12.7. The van der Waals surface area contributed by atoms with Gasteiger partial charge in [0.1, 0.15) is 11.5 Å². The van der Waals surface area contributed by atoms with Crippen LogP contribution in [0.3, 0.4) is 0 Å². The number of carbonyl (C=O) groups is 1. The fraction of sp³-hybridized carbons (Fsp3) is 0.447. The van der Waals surface area contributed by atoms with Crippen LogP contribution >= 0.6 is 11.8 Å². The van der Waals surface area contributed by atoms with Gasteiger partial charge < -0.3 is 10.1 Å². The summed E-state index contributed by atoms with van der Waals surface area (Å²) < 4.78 is 45.0. The van der Waals surface area contributed by atoms with Crippen molar-refractivity contribution in [2.75, 3.05) is 11.5 Å². The maximum Gasteiger partial charge on any atom is 0.306 e. The van der Waals surface area contributed by atoms with Crippen molar-refractivity contribution < 1.29 is 22.7 Å². The van der Waals surface area contributed by atoms with E-state index in [1.165, 1.54) is 17.8 Å². The lowest BCUT2D eigenvalue weighted by molar-refractivity contribution is -0.141. The maximum atomic E-state index is 15.8. The van der Waals surface area contributed by atoms with Gasteiger partial charge in [0, 0.05) is 47.4 Å². The predicted octanol–water partition coefficient (Wildman–Crippen LogP) is 7.56. The van der Waals surface area contributed by atoms with E-state index in [0.29, 0.717) is 64.7 Å². The van der Waals surface area contributed by atoms with Gasteiger partial charge in [-0.2, -0.15) is 5.10 Å². The van der Waals surface area contributed by atoms with Gasteiger partial charge in [0.05, 0.1) is 33.4 Å². The average molecular weight is 733 g/mol. The molecule has 0 saturated heterocycles. The lowest BCUT2D eigenvalue weighted by Crippen LogP contribution is -2.32. The van der Waals surface area contributed by atoms with Crippen LogP contribution < -0.4 is 0 Å². The summed E-state index contributed by atoms with van der Waals surface area (Å²) in [6.45, 7) is 7.74. The van der Waals surface area contributed by atoms with E-state index in [0.717, 1.165) is 22.4 Å². The summed E-state index contributed by atoms with van der Waals surface area (Å²) in [5, 5.41) is 15.4. The number of H-pyrrole nitrogens is 1. The molecule has 1 unspecified atom stereocenters. The Kier molecular flexibility index (Phi) is 10.4. The van der Waals surface area contributed by atoms with Crippen molar-refractivity contribution in [1.29, 1.82) is 0 Å². The summed E-state index contributed by atoms with van der Waals surface area (Å²) in [4.78, 5) is 30.7. The fourth-order valence-electron chi connectivity index (χ4n) is 7.38. The molecule has 51 heavy (non-hydrogen) atoms. The zero-order valence-corrected chi connectivity index (χ0v) is 31.4. The molecular formula is C38H45FN6O4S2. The molecule has 0 aliphatic carbocycles. The van der Waals surface area contributed by atoms with Crippen molar-refractivity contribution in [1.82, 2.24) is 29.7 Å². The molecule has 10 nitrogen and oxygen atoms in total. The molecule has 270 valence electrons. The number of hydrogen-bond donors (Lipinski definition) is 2. The van der Waals surface area contributed by atoms with Crippen molar-refractivity contribution in [3.63, 3.8) is 0 Å². The van der Waals surface area contributed by atoms with Gasteiger partial charge in [0.25, 0.3) is 0 Å². The first kappa shape index (κ1) is 36.7. The molecule has 0 spiro atoms. The highest BCUT2D eigenvalue weighted by molar-refractivity contribution is 7.99. The number of fused-ring (bicyclic) bond motifs is 8. The summed E-state index contributed by atoms with van der Waals surface area (Å²) in [7, 11) is -1.70. The van der Waals surface area contributed by atoms with Crippen LogP contribution in [0, 0.1) is 17.2 Å². The van der Waals surface area contributed by atoms with E-state index >= 15 is 4.39 Å². The SMILES string of the molecule is CCCC1(c2cccc(C[C@H](C)C(=O)O)n2)CCCC(C)(C)CS(=O)(=O)CCc2c(c(F)cc3[nH]ccc23)Sc2ccnc(c2)-c2nc1nn2C. The topological polar surface area (TPSA) is 144 Å². The molecule has 4 bridgehead atoms. The van der Waals surface area contributed by atoms with Crippen LogP contribution in [0.2, 0.25) is 0 Å². The van der Waals surface area contributed by atoms with Crippen LogP contribution in [0.25, 0.3) is 22.4 Å². The molecule has 0 fully saturated rings. The Morgan fingerprint density at radius 2 is 1.96 bits per heavy atom. The molecule has 2 N–H and O–H groups in total. The van der Waals surface area contributed by atoms with E-state index in [1.807, 2.05) is 57.3 Å². The number of pyridine rings is 2. The Balaban J connectivity index is 1.51. The second-order valence-corrected chi connectivity index (χ2v) is 17.9. The van der Waals surface area contributed by atoms with Crippen LogP contribution in [-0.2, 0) is 39.9 Å². The van der Waals surface area contributed by atoms with Crippen molar-refractivity contribution >= 4 is 38.5 Å². The maximum absolute atomic E-state index is 15.8. The van der Waals surface area contributed by atoms with Crippen molar-refractivity contribution in [3.8, 4) is 11.5 Å². The third-order valence-electron chi connectivity index (χ3n) is 9.88. The minimum atomic E-state index is -3.53. The number of aromatic amines is 1. The van der Waals surface area contributed by atoms with Crippen molar-refractivity contribution in [3.05, 3.63) is 83.5 Å². The highest BCUT2D eigenvalue weighted by atomic mass is 32.2. The van der Waals surface area contributed by atoms with E-state index in [1.54, 1.807) is 24.0 Å². The van der Waals surface area contributed by atoms with Gasteiger partial charge in [-0.1, -0.05) is 58.4 Å². The molecule has 4 aromatic heterocycles. The van der Waals surface area contributed by atoms with E-state index in [2.05, 4.69) is 16.9 Å². The lowest BCUT2D eigenvalue weighted by atomic mass is 9.73. The number of sulfone groups is 1. The van der Waals surface area contributed by atoms with E-state index < -0.39 is 38.4 Å². The number of aliphatic carboxylic acids is 1. The van der Waals surface area contributed by atoms with Gasteiger partial charge >= 0.3 is 5.97 Å². The number of nitrogens with one attached hydrogen (secondary N) is 1. The second-order valence-electron chi connectivity index (χ2n) is 14.6. The molecule has 1 aromatic carbocycles. The minimum Gasteiger partial charge on any atom is -0.481 e. The first-order chi connectivity index (χ1) is 24.2. The minimum absolute atomic E-state index is 0.00460. The lowest BCUT2D eigenvalue weighted by Gasteiger charge is -2.33. The quantitative estimate of drug-likeness (QED) is 0.181. The highest BCUT2D eigenvalue weighted by Crippen LogP contribution is 2.43. The number of aryl methyl sites for hydroxylation is 2. The van der Waals surface area contributed by atoms with Gasteiger partial charge in [-0.25, -0.2) is 22.5 Å². The zero-order valence-electron chi connectivity index (χ0n) is 29.7. The Labute approximate surface area is 302 Å². The number of hydrogen-bond acceptors (Lipinski definition) is 8. The van der Waals surface area contributed by atoms with Gasteiger partial charge in [0.2, 0.25) is 0 Å². The predicted molar refractivity (Wildman–Crippen MR) is 197 cm³/mol. The summed E-state index contributed by atoms with van der Waals surface area (Å²) in [6.07, 6.45) is 7.26. The number of halogens is 1. The number of carboxylic acid groups (broad SMARTS) is 1. The van der Waals surface area contributed by atoms with Crippen LogP contribution in [0.15, 0.2) is 64.6 Å². The third kappa shape index (κ3) is 7.89. The van der Waals surface area contributed by atoms with Gasteiger partial charge in [0.15, 0.2) is 21.5 Å². The van der Waals surface area contributed by atoms with Gasteiger partial charge in [-0.15, -0.1) is 0 Å². The standard InChI is InChI=1S/C38H45FN6O4S2/c1-6-14-38(32-10-7-9-25(42-32)20-24(2)35(46)47)16-8-15-37(3,4)23-51(48,49)19-13-28-27-12-18-40-30(27)22-29(39)33(28)50-26-11-17-41-31(21-26)34-43-36(38)44-45(34)5/h7,9-12,17-18,21-22,24,40H,6,8,13-16,19-20,23H2,1-5H3,(H,46,47)/t24-,38?/m0/s1. The molecule has 0 saturated carbocycles. The number of aromatic nitrogens is 6. The molecular weight excluding hydrogens is 688 g/mol. The van der Waals surface area contributed by atoms with Crippen molar-refractivity contribution in [2.24, 2.45) is 18.4 Å². The normalized spacial score (nSPS) is 19.9. The Bertz CT molecular complexity index is 2180. The smallest absolute Gasteiger partial charge is 0.306 e. The molecule has 5 aromatic rings. The monoisotopic (exact) mass is 732 g/mol. The van der Waals surface area contributed by atoms with E-state index in [4.69, 9.17) is 15.1 Å². The average Bonchev–Trinajstić information content (AvgIpc) is 3.70. The first-order valence-corrected chi connectivity index (χ1v) is 20.1. The number of rotatable bonds is 6. The number of nitrogens with zero attached hydrogens (tertiary/aromatic N) is 5. The summed E-state index contributed by atoms with van der Waals surface area (Å²) in [5.74, 6) is -0.879. The number of carboxylic acids is 1. The molecule has 1 aliphatic rings. The van der Waals surface area contributed by atoms with E-state index in [-0.39, 0.29) is 24.3 Å². The van der Waals surface area contributed by atoms with Crippen LogP contribution in [0.5, 0.6) is 0 Å². The number of benzene rings is 1. The Morgan fingerprint density at radius 1 is 1.16 bits per heavy atom. The Hall–Kier alpha value is -4.10. The molecule has 5 heterocycles. The fourth-order valence-corrected chi connectivity index (χ4v) is 10.4. The molecule has 2 atom stereocenters. The third-order valence-corrected chi connectivity index (χ3v) is 13.1. The summed E-state index contributed by atoms with van der Waals surface area (Å²) >= 11 is 1.25. The second kappa shape index (κ2) is 14.5.